The molecular formula is C14H24N2O2. The molecule has 1 saturated carbocycles. The fourth-order valence-electron chi connectivity index (χ4n) is 3.28. The van der Waals surface area contributed by atoms with Gasteiger partial charge in [-0.2, -0.15) is 0 Å². The predicted octanol–water partition coefficient (Wildman–Crippen LogP) is 1.84. The van der Waals surface area contributed by atoms with Crippen molar-refractivity contribution in [3.8, 4) is 0 Å². The third-order valence-corrected chi connectivity index (χ3v) is 4.59. The molecule has 2 fully saturated rings. The van der Waals surface area contributed by atoms with Gasteiger partial charge in [-0.15, -0.1) is 0 Å². The van der Waals surface area contributed by atoms with Gasteiger partial charge in [0.2, 0.25) is 11.8 Å². The van der Waals surface area contributed by atoms with E-state index in [-0.39, 0.29) is 24.4 Å². The lowest BCUT2D eigenvalue weighted by molar-refractivity contribution is -0.153. The zero-order valence-electron chi connectivity index (χ0n) is 11.5. The summed E-state index contributed by atoms with van der Waals surface area (Å²) in [4.78, 5) is 26.4. The molecule has 1 aliphatic heterocycles. The number of hydrogen-bond acceptors (Lipinski definition) is 2. The first kappa shape index (κ1) is 13.4. The molecule has 1 aliphatic carbocycles. The molecule has 1 N–H and O–H groups in total. The average molecular weight is 252 g/mol. The van der Waals surface area contributed by atoms with Gasteiger partial charge >= 0.3 is 0 Å². The van der Waals surface area contributed by atoms with Gasteiger partial charge in [0.05, 0.1) is 6.54 Å². The van der Waals surface area contributed by atoms with E-state index < -0.39 is 5.54 Å². The molecule has 0 aromatic carbocycles. The monoisotopic (exact) mass is 252 g/mol. The molecule has 18 heavy (non-hydrogen) atoms. The Bertz CT molecular complexity index is 331. The van der Waals surface area contributed by atoms with Crippen LogP contribution in [0.3, 0.4) is 0 Å². The number of rotatable bonds is 3. The molecule has 0 atom stereocenters. The first-order valence-electron chi connectivity index (χ1n) is 7.25. The highest BCUT2D eigenvalue weighted by molar-refractivity contribution is 5.98. The van der Waals surface area contributed by atoms with Crippen molar-refractivity contribution < 1.29 is 9.59 Å². The van der Waals surface area contributed by atoms with Gasteiger partial charge in [0.15, 0.2) is 0 Å². The zero-order valence-corrected chi connectivity index (χ0v) is 11.5. The van der Waals surface area contributed by atoms with Crippen LogP contribution in [0.25, 0.3) is 0 Å². The summed E-state index contributed by atoms with van der Waals surface area (Å²) in [5, 5.41) is 2.92. The summed E-state index contributed by atoms with van der Waals surface area (Å²) in [6, 6.07) is 0.287. The Morgan fingerprint density at radius 3 is 2.33 bits per heavy atom. The van der Waals surface area contributed by atoms with E-state index in [9.17, 15) is 9.59 Å². The van der Waals surface area contributed by atoms with Crippen LogP contribution in [0.2, 0.25) is 0 Å². The molecule has 1 saturated heterocycles. The second-order valence-corrected chi connectivity index (χ2v) is 5.56. The third-order valence-electron chi connectivity index (χ3n) is 4.59. The summed E-state index contributed by atoms with van der Waals surface area (Å²) in [5.74, 6) is 0.142. The van der Waals surface area contributed by atoms with Crippen molar-refractivity contribution in [2.75, 3.05) is 6.54 Å². The van der Waals surface area contributed by atoms with E-state index >= 15 is 0 Å². The molecule has 0 aromatic rings. The second-order valence-electron chi connectivity index (χ2n) is 5.56. The first-order valence-corrected chi connectivity index (χ1v) is 7.25. The van der Waals surface area contributed by atoms with E-state index in [0.29, 0.717) is 12.8 Å². The second kappa shape index (κ2) is 5.29. The molecule has 4 heteroatoms. The van der Waals surface area contributed by atoms with Crippen LogP contribution < -0.4 is 5.32 Å². The molecule has 0 radical (unpaired) electrons. The molecule has 1 heterocycles. The van der Waals surface area contributed by atoms with Gasteiger partial charge in [0.25, 0.3) is 0 Å². The van der Waals surface area contributed by atoms with Crippen LogP contribution in [0.15, 0.2) is 0 Å². The van der Waals surface area contributed by atoms with Crippen LogP contribution >= 0.6 is 0 Å². The molecule has 2 amide bonds. The summed E-state index contributed by atoms with van der Waals surface area (Å²) in [6.45, 7) is 4.21. The fourth-order valence-corrected chi connectivity index (χ4v) is 3.28. The number of nitrogens with zero attached hydrogens (tertiary/aromatic N) is 1. The third kappa shape index (κ3) is 2.25. The maximum Gasteiger partial charge on any atom is 0.249 e. The zero-order chi connectivity index (χ0) is 13.2. The highest BCUT2D eigenvalue weighted by atomic mass is 16.2. The van der Waals surface area contributed by atoms with Gasteiger partial charge in [-0.05, 0) is 25.7 Å². The topological polar surface area (TPSA) is 49.4 Å². The van der Waals surface area contributed by atoms with Crippen molar-refractivity contribution in [3.63, 3.8) is 0 Å². The maximum atomic E-state index is 12.7. The summed E-state index contributed by atoms with van der Waals surface area (Å²) < 4.78 is 0. The lowest BCUT2D eigenvalue weighted by Gasteiger charge is -2.45. The molecular weight excluding hydrogens is 228 g/mol. The van der Waals surface area contributed by atoms with Gasteiger partial charge < -0.3 is 10.2 Å². The van der Waals surface area contributed by atoms with Gasteiger partial charge in [0.1, 0.15) is 5.54 Å². The predicted molar refractivity (Wildman–Crippen MR) is 70.0 cm³/mol. The van der Waals surface area contributed by atoms with E-state index in [1.807, 2.05) is 18.7 Å². The molecule has 0 aromatic heterocycles. The number of hydrogen-bond donors (Lipinski definition) is 1. The smallest absolute Gasteiger partial charge is 0.249 e. The minimum absolute atomic E-state index is 0.00359. The Hall–Kier alpha value is -1.06. The van der Waals surface area contributed by atoms with Crippen molar-refractivity contribution in [1.82, 2.24) is 10.2 Å². The largest absolute Gasteiger partial charge is 0.340 e. The molecule has 4 nitrogen and oxygen atoms in total. The van der Waals surface area contributed by atoms with Crippen LogP contribution in [0.5, 0.6) is 0 Å². The highest BCUT2D eigenvalue weighted by Crippen LogP contribution is 2.29. The Labute approximate surface area is 109 Å². The van der Waals surface area contributed by atoms with Gasteiger partial charge in [-0.25, -0.2) is 0 Å². The Kier molecular flexibility index (Phi) is 3.93. The standard InChI is InChI=1S/C14H24N2O2/c1-3-14(4-2)13(18)16(10-12(17)15-14)11-8-6-5-7-9-11/h11H,3-10H2,1-2H3,(H,15,17). The summed E-state index contributed by atoms with van der Waals surface area (Å²) in [7, 11) is 0. The van der Waals surface area contributed by atoms with Crippen molar-refractivity contribution in [2.45, 2.75) is 70.4 Å². The number of carbonyl (C=O) groups is 2. The summed E-state index contributed by atoms with van der Waals surface area (Å²) >= 11 is 0. The van der Waals surface area contributed by atoms with Gasteiger partial charge in [0, 0.05) is 6.04 Å². The van der Waals surface area contributed by atoms with Gasteiger partial charge in [-0.1, -0.05) is 33.1 Å². The number of carbonyl (C=O) groups excluding carboxylic acids is 2. The van der Waals surface area contributed by atoms with E-state index in [2.05, 4.69) is 5.32 Å². The maximum absolute atomic E-state index is 12.7. The number of piperazine rings is 1. The normalized spacial score (nSPS) is 25.1. The quantitative estimate of drug-likeness (QED) is 0.833. The van der Waals surface area contributed by atoms with Crippen molar-refractivity contribution in [2.24, 2.45) is 0 Å². The number of nitrogens with one attached hydrogen (secondary N) is 1. The van der Waals surface area contributed by atoms with Crippen LogP contribution in [-0.4, -0.2) is 34.8 Å². The van der Waals surface area contributed by atoms with E-state index in [1.54, 1.807) is 0 Å². The Morgan fingerprint density at radius 2 is 1.78 bits per heavy atom. The molecule has 0 unspecified atom stereocenters. The van der Waals surface area contributed by atoms with Crippen LogP contribution in [0.4, 0.5) is 0 Å². The van der Waals surface area contributed by atoms with Gasteiger partial charge in [-0.3, -0.25) is 9.59 Å². The highest BCUT2D eigenvalue weighted by Gasteiger charge is 2.45. The number of amides is 2. The first-order chi connectivity index (χ1) is 8.63. The molecule has 2 aliphatic rings. The van der Waals surface area contributed by atoms with Crippen LogP contribution in [-0.2, 0) is 9.59 Å². The summed E-state index contributed by atoms with van der Waals surface area (Å²) in [5.41, 5.74) is -0.646. The molecule has 2 rings (SSSR count). The van der Waals surface area contributed by atoms with Crippen molar-refractivity contribution >= 4 is 11.8 Å². The Morgan fingerprint density at radius 1 is 1.17 bits per heavy atom. The lowest BCUT2D eigenvalue weighted by atomic mass is 9.86. The SMILES string of the molecule is CCC1(CC)NC(=O)CN(C2CCCCC2)C1=O. The van der Waals surface area contributed by atoms with Crippen molar-refractivity contribution in [1.29, 1.82) is 0 Å². The molecule has 0 spiro atoms. The summed E-state index contributed by atoms with van der Waals surface area (Å²) in [6.07, 6.45) is 7.10. The van der Waals surface area contributed by atoms with E-state index in [1.165, 1.54) is 19.3 Å². The minimum atomic E-state index is -0.646. The van der Waals surface area contributed by atoms with Crippen LogP contribution in [0.1, 0.15) is 58.8 Å². The van der Waals surface area contributed by atoms with E-state index in [4.69, 9.17) is 0 Å². The molecule has 0 bridgehead atoms. The minimum Gasteiger partial charge on any atom is -0.340 e. The molecule has 102 valence electrons. The van der Waals surface area contributed by atoms with Crippen LogP contribution in [0, 0.1) is 0 Å². The van der Waals surface area contributed by atoms with Crippen molar-refractivity contribution in [3.05, 3.63) is 0 Å². The van der Waals surface area contributed by atoms with E-state index in [0.717, 1.165) is 12.8 Å². The lowest BCUT2D eigenvalue weighted by Crippen LogP contribution is -2.68. The Balaban J connectivity index is 2.19. The average Bonchev–Trinajstić information content (AvgIpc) is 2.42. The fraction of sp³-hybridized carbons (Fsp3) is 0.857.